The number of carbonyl (C=O) groups is 2. The number of hydrogen-bond acceptors (Lipinski definition) is 7. The van der Waals surface area contributed by atoms with E-state index in [-0.39, 0.29) is 11.5 Å². The van der Waals surface area contributed by atoms with Crippen molar-refractivity contribution in [2.24, 2.45) is 0 Å². The van der Waals surface area contributed by atoms with Crippen LogP contribution in [0.25, 0.3) is 6.08 Å². The van der Waals surface area contributed by atoms with Gasteiger partial charge in [0.25, 0.3) is 0 Å². The van der Waals surface area contributed by atoms with Crippen molar-refractivity contribution < 1.29 is 32.2 Å². The van der Waals surface area contributed by atoms with Crippen molar-refractivity contribution in [2.75, 3.05) is 32.9 Å². The number of morpholine rings is 1. The monoisotopic (exact) mass is 381 g/mol. The zero-order valence-corrected chi connectivity index (χ0v) is 14.8. The summed E-state index contributed by atoms with van der Waals surface area (Å²) < 4.78 is 41.3. The normalized spacial score (nSPS) is 21.7. The summed E-state index contributed by atoms with van der Waals surface area (Å²) in [5, 5.41) is 0. The van der Waals surface area contributed by atoms with Crippen LogP contribution in [0.4, 0.5) is 0 Å². The molecule has 26 heavy (non-hydrogen) atoms. The van der Waals surface area contributed by atoms with Gasteiger partial charge in [-0.15, -0.1) is 0 Å². The van der Waals surface area contributed by atoms with Gasteiger partial charge in [-0.2, -0.15) is 4.31 Å². The minimum atomic E-state index is -3.55. The van der Waals surface area contributed by atoms with E-state index in [0.29, 0.717) is 38.3 Å². The van der Waals surface area contributed by atoms with Crippen molar-refractivity contribution in [1.82, 2.24) is 4.31 Å². The fourth-order valence-electron chi connectivity index (χ4n) is 2.62. The summed E-state index contributed by atoms with van der Waals surface area (Å²) >= 11 is 0. The number of hydrogen-bond donors (Lipinski definition) is 0. The van der Waals surface area contributed by atoms with Gasteiger partial charge in [-0.25, -0.2) is 18.0 Å². The van der Waals surface area contributed by atoms with E-state index in [1.165, 1.54) is 28.6 Å². The summed E-state index contributed by atoms with van der Waals surface area (Å²) in [5.41, 5.74) is 0.636. The largest absolute Gasteiger partial charge is 0.463 e. The Hall–Kier alpha value is -2.23. The maximum absolute atomic E-state index is 12.5. The Kier molecular flexibility index (Phi) is 5.70. The molecule has 1 aromatic rings. The molecule has 9 heteroatoms. The van der Waals surface area contributed by atoms with Crippen LogP contribution in [0, 0.1) is 0 Å². The molecule has 0 bridgehead atoms. The van der Waals surface area contributed by atoms with E-state index in [1.807, 2.05) is 0 Å². The molecule has 140 valence electrons. The highest BCUT2D eigenvalue weighted by Gasteiger charge is 2.29. The third-order valence-electron chi connectivity index (χ3n) is 4.05. The predicted octanol–water partition coefficient (Wildman–Crippen LogP) is 0.579. The summed E-state index contributed by atoms with van der Waals surface area (Å²) in [4.78, 5) is 23.2. The second-order valence-electron chi connectivity index (χ2n) is 5.80. The van der Waals surface area contributed by atoms with Crippen LogP contribution in [0.15, 0.2) is 35.2 Å². The van der Waals surface area contributed by atoms with E-state index >= 15 is 0 Å². The summed E-state index contributed by atoms with van der Waals surface area (Å²) in [5.74, 6) is -1.19. The Balaban J connectivity index is 1.62. The minimum absolute atomic E-state index is 0.188. The van der Waals surface area contributed by atoms with Crippen LogP contribution in [0.3, 0.4) is 0 Å². The van der Waals surface area contributed by atoms with Crippen LogP contribution in [0.5, 0.6) is 0 Å². The highest BCUT2D eigenvalue weighted by atomic mass is 32.2. The molecule has 8 nitrogen and oxygen atoms in total. The fourth-order valence-corrected chi connectivity index (χ4v) is 4.02. The maximum Gasteiger partial charge on any atom is 0.347 e. The van der Waals surface area contributed by atoms with E-state index in [1.54, 1.807) is 12.1 Å². The van der Waals surface area contributed by atoms with Crippen molar-refractivity contribution in [3.63, 3.8) is 0 Å². The number of esters is 2. The molecule has 3 rings (SSSR count). The fraction of sp³-hybridized carbons (Fsp3) is 0.412. The molecule has 1 atom stereocenters. The number of benzene rings is 1. The first-order valence-electron chi connectivity index (χ1n) is 8.20. The van der Waals surface area contributed by atoms with E-state index < -0.39 is 28.1 Å². The topological polar surface area (TPSA) is 99.2 Å². The molecule has 2 saturated heterocycles. The minimum Gasteiger partial charge on any atom is -0.463 e. The molecule has 2 aliphatic heterocycles. The molecule has 0 spiro atoms. The number of rotatable bonds is 5. The number of carbonyl (C=O) groups excluding carboxylic acids is 2. The third-order valence-corrected chi connectivity index (χ3v) is 5.96. The Labute approximate surface area is 151 Å². The molecule has 0 saturated carbocycles. The van der Waals surface area contributed by atoms with Gasteiger partial charge < -0.3 is 14.2 Å². The lowest BCUT2D eigenvalue weighted by molar-refractivity contribution is -0.156. The van der Waals surface area contributed by atoms with Crippen molar-refractivity contribution in [3.05, 3.63) is 35.9 Å². The summed E-state index contributed by atoms with van der Waals surface area (Å²) in [7, 11) is -3.55. The van der Waals surface area contributed by atoms with Crippen LogP contribution in [0.2, 0.25) is 0 Å². The number of ether oxygens (including phenoxy) is 3. The molecule has 0 aromatic heterocycles. The molecular formula is C17H19NO7S. The van der Waals surface area contributed by atoms with Gasteiger partial charge in [0.2, 0.25) is 16.1 Å². The lowest BCUT2D eigenvalue weighted by Crippen LogP contribution is -2.40. The Morgan fingerprint density at radius 3 is 2.46 bits per heavy atom. The quantitative estimate of drug-likeness (QED) is 0.543. The first-order valence-corrected chi connectivity index (χ1v) is 9.64. The first-order chi connectivity index (χ1) is 12.5. The molecule has 0 unspecified atom stereocenters. The molecule has 2 aliphatic rings. The van der Waals surface area contributed by atoms with Gasteiger partial charge in [-0.3, -0.25) is 0 Å². The van der Waals surface area contributed by atoms with Crippen LogP contribution in [-0.2, 0) is 33.8 Å². The smallest absolute Gasteiger partial charge is 0.347 e. The zero-order valence-electron chi connectivity index (χ0n) is 14.0. The van der Waals surface area contributed by atoms with Crippen LogP contribution in [0.1, 0.15) is 12.0 Å². The molecule has 2 heterocycles. The van der Waals surface area contributed by atoms with Crippen molar-refractivity contribution in [2.45, 2.75) is 17.4 Å². The molecule has 0 N–H and O–H groups in total. The van der Waals surface area contributed by atoms with Gasteiger partial charge in [0, 0.05) is 25.6 Å². The highest BCUT2D eigenvalue weighted by molar-refractivity contribution is 7.89. The lowest BCUT2D eigenvalue weighted by atomic mass is 10.2. The summed E-state index contributed by atoms with van der Waals surface area (Å²) in [6.45, 7) is 1.69. The van der Waals surface area contributed by atoms with Crippen molar-refractivity contribution >= 4 is 28.0 Å². The molecule has 1 aromatic carbocycles. The number of nitrogens with zero attached hydrogens (tertiary/aromatic N) is 1. The third kappa shape index (κ3) is 4.29. The lowest BCUT2D eigenvalue weighted by Gasteiger charge is -2.26. The van der Waals surface area contributed by atoms with Crippen molar-refractivity contribution in [3.8, 4) is 0 Å². The Bertz CT molecular complexity index is 795. The van der Waals surface area contributed by atoms with Crippen LogP contribution < -0.4 is 0 Å². The summed E-state index contributed by atoms with van der Waals surface area (Å²) in [6.07, 6.45) is 2.19. The first kappa shape index (κ1) is 18.6. The van der Waals surface area contributed by atoms with Crippen LogP contribution >= 0.6 is 0 Å². The van der Waals surface area contributed by atoms with Gasteiger partial charge in [0.15, 0.2) is 0 Å². The van der Waals surface area contributed by atoms with Gasteiger partial charge in [0.1, 0.15) is 0 Å². The van der Waals surface area contributed by atoms with Crippen LogP contribution in [-0.4, -0.2) is 63.7 Å². The second kappa shape index (κ2) is 7.98. The maximum atomic E-state index is 12.5. The molecule has 0 aliphatic carbocycles. The van der Waals surface area contributed by atoms with Gasteiger partial charge >= 0.3 is 11.9 Å². The molecular weight excluding hydrogens is 362 g/mol. The van der Waals surface area contributed by atoms with E-state index in [2.05, 4.69) is 0 Å². The SMILES string of the molecule is O=C(/C=C/c1ccc(S(=O)(=O)N2CCOCC2)cc1)O[C@H]1CCOC1=O. The molecule has 0 radical (unpaired) electrons. The van der Waals surface area contributed by atoms with E-state index in [0.717, 1.165) is 0 Å². The molecule has 0 amide bonds. The number of cyclic esters (lactones) is 1. The van der Waals surface area contributed by atoms with Gasteiger partial charge in [-0.1, -0.05) is 12.1 Å². The predicted molar refractivity (Wildman–Crippen MR) is 90.5 cm³/mol. The summed E-state index contributed by atoms with van der Waals surface area (Å²) in [6, 6.07) is 6.18. The van der Waals surface area contributed by atoms with E-state index in [9.17, 15) is 18.0 Å². The van der Waals surface area contributed by atoms with Gasteiger partial charge in [-0.05, 0) is 23.8 Å². The second-order valence-corrected chi connectivity index (χ2v) is 7.74. The Morgan fingerprint density at radius 2 is 1.85 bits per heavy atom. The number of sulfonamides is 1. The zero-order chi connectivity index (χ0) is 18.6. The average Bonchev–Trinajstić information content (AvgIpc) is 3.06. The standard InChI is InChI=1S/C17H19NO7S/c19-16(25-15-7-10-24-17(15)20)6-3-13-1-4-14(5-2-13)26(21,22)18-8-11-23-12-9-18/h1-6,15H,7-12H2/b6-3+/t15-/m0/s1. The van der Waals surface area contributed by atoms with Gasteiger partial charge in [0.05, 0.1) is 24.7 Å². The highest BCUT2D eigenvalue weighted by Crippen LogP contribution is 2.18. The van der Waals surface area contributed by atoms with Crippen molar-refractivity contribution in [1.29, 1.82) is 0 Å². The molecule has 2 fully saturated rings. The average molecular weight is 381 g/mol. The van der Waals surface area contributed by atoms with E-state index in [4.69, 9.17) is 14.2 Å². The Morgan fingerprint density at radius 1 is 1.15 bits per heavy atom.